The molecule has 25 heavy (non-hydrogen) atoms. The molecule has 128 valence electrons. The van der Waals surface area contributed by atoms with E-state index in [0.717, 1.165) is 28.6 Å². The van der Waals surface area contributed by atoms with E-state index in [1.807, 2.05) is 49.4 Å². The van der Waals surface area contributed by atoms with Crippen molar-refractivity contribution in [2.75, 3.05) is 0 Å². The van der Waals surface area contributed by atoms with Crippen molar-refractivity contribution in [1.29, 1.82) is 0 Å². The average molecular weight is 373 g/mol. The van der Waals surface area contributed by atoms with Gasteiger partial charge in [0.1, 0.15) is 5.75 Å². The molecule has 1 aliphatic rings. The molecule has 4 rings (SSSR count). The molecule has 0 aliphatic heterocycles. The summed E-state index contributed by atoms with van der Waals surface area (Å²) in [6.45, 7) is 1.92. The second kappa shape index (κ2) is 6.65. The molecular weight excluding hydrogens is 356 g/mol. The summed E-state index contributed by atoms with van der Waals surface area (Å²) in [6.07, 6.45) is 2.19. The van der Waals surface area contributed by atoms with Crippen molar-refractivity contribution in [3.8, 4) is 10.9 Å². The highest BCUT2D eigenvalue weighted by Crippen LogP contribution is 2.33. The van der Waals surface area contributed by atoms with Crippen molar-refractivity contribution < 1.29 is 9.53 Å². The summed E-state index contributed by atoms with van der Waals surface area (Å²) < 4.78 is 6.83. The lowest BCUT2D eigenvalue weighted by Gasteiger charge is -2.12. The Bertz CT molecular complexity index is 919. The zero-order valence-corrected chi connectivity index (χ0v) is 15.2. The number of carbonyl (C=O) groups excluding carboxylic acids is 1. The lowest BCUT2D eigenvalue weighted by molar-refractivity contribution is -0.122. The summed E-state index contributed by atoms with van der Waals surface area (Å²) in [6, 6.07) is 13.5. The Balaban J connectivity index is 1.46. The summed E-state index contributed by atoms with van der Waals surface area (Å²) >= 11 is 7.45. The Morgan fingerprint density at radius 3 is 2.76 bits per heavy atom. The van der Waals surface area contributed by atoms with Crippen molar-refractivity contribution in [3.05, 3.63) is 53.1 Å². The molecule has 1 atom stereocenters. The molecule has 3 aromatic rings. The first-order valence-electron chi connectivity index (χ1n) is 8.23. The highest BCUT2D eigenvalue weighted by Gasteiger charge is 2.26. The lowest BCUT2D eigenvalue weighted by Crippen LogP contribution is -2.29. The number of amides is 1. The fourth-order valence-corrected chi connectivity index (χ4v) is 3.66. The van der Waals surface area contributed by atoms with Crippen LogP contribution >= 0.6 is 22.9 Å². The Kier molecular flexibility index (Phi) is 4.36. The second-order valence-corrected chi connectivity index (χ2v) is 7.70. The number of hydrogen-bond donors (Lipinski definition) is 1. The van der Waals surface area contributed by atoms with Crippen LogP contribution in [0.1, 0.15) is 31.2 Å². The number of halogens is 1. The van der Waals surface area contributed by atoms with Gasteiger partial charge >= 0.3 is 0 Å². The minimum atomic E-state index is -0.167. The number of hydrogen-bond acceptors (Lipinski definition) is 4. The van der Waals surface area contributed by atoms with Crippen LogP contribution in [-0.4, -0.2) is 16.9 Å². The number of benzene rings is 2. The summed E-state index contributed by atoms with van der Waals surface area (Å²) in [5, 5.41) is 4.30. The minimum Gasteiger partial charge on any atom is -0.431 e. The molecule has 1 fully saturated rings. The molecule has 1 amide bonds. The number of nitrogens with zero attached hydrogens (tertiary/aromatic N) is 1. The molecule has 1 unspecified atom stereocenters. The van der Waals surface area contributed by atoms with Gasteiger partial charge in [0, 0.05) is 11.1 Å². The number of fused-ring (bicyclic) bond motifs is 1. The maximum atomic E-state index is 12.1. The highest BCUT2D eigenvalue weighted by atomic mass is 35.5. The van der Waals surface area contributed by atoms with E-state index in [0.29, 0.717) is 22.0 Å². The third kappa shape index (κ3) is 3.78. The van der Waals surface area contributed by atoms with Gasteiger partial charge in [0.15, 0.2) is 0 Å². The van der Waals surface area contributed by atoms with E-state index in [2.05, 4.69) is 10.3 Å². The van der Waals surface area contributed by atoms with Gasteiger partial charge in [-0.15, -0.1) is 0 Å². The molecule has 0 saturated heterocycles. The number of rotatable bonds is 5. The van der Waals surface area contributed by atoms with Crippen molar-refractivity contribution in [2.24, 2.45) is 0 Å². The molecule has 1 aliphatic carbocycles. The fraction of sp³-hybridized carbons (Fsp3) is 0.263. The van der Waals surface area contributed by atoms with Crippen LogP contribution in [0.25, 0.3) is 10.2 Å². The maximum absolute atomic E-state index is 12.1. The lowest BCUT2D eigenvalue weighted by atomic mass is 10.0. The number of carbonyl (C=O) groups is 1. The standard InChI is InChI=1S/C19H17ClN2O2S/c1-11(18(23)21-14-5-6-14)12-2-7-15(8-3-12)24-19-22-16-9-4-13(20)10-17(16)25-19/h2-4,7-11,14H,5-6H2,1H3,(H,21,23). The van der Waals surface area contributed by atoms with Gasteiger partial charge in [-0.25, -0.2) is 4.98 Å². The predicted octanol–water partition coefficient (Wildman–Crippen LogP) is 5.12. The Morgan fingerprint density at radius 2 is 2.04 bits per heavy atom. The molecule has 0 radical (unpaired) electrons. The zero-order valence-electron chi connectivity index (χ0n) is 13.7. The van der Waals surface area contributed by atoms with Crippen molar-refractivity contribution in [3.63, 3.8) is 0 Å². The van der Waals surface area contributed by atoms with Crippen molar-refractivity contribution >= 4 is 39.1 Å². The summed E-state index contributed by atoms with van der Waals surface area (Å²) in [7, 11) is 0. The van der Waals surface area contributed by atoms with E-state index in [9.17, 15) is 4.79 Å². The first kappa shape index (κ1) is 16.4. The number of ether oxygens (including phenoxy) is 1. The van der Waals surface area contributed by atoms with Crippen LogP contribution in [0.4, 0.5) is 0 Å². The predicted molar refractivity (Wildman–Crippen MR) is 101 cm³/mol. The zero-order chi connectivity index (χ0) is 17.4. The normalized spacial score (nSPS) is 15.1. The molecule has 1 heterocycles. The first-order chi connectivity index (χ1) is 12.1. The topological polar surface area (TPSA) is 51.2 Å². The van der Waals surface area contributed by atoms with Crippen molar-refractivity contribution in [1.82, 2.24) is 10.3 Å². The number of aromatic nitrogens is 1. The van der Waals surface area contributed by atoms with E-state index in [1.54, 1.807) is 0 Å². The van der Waals surface area contributed by atoms with E-state index < -0.39 is 0 Å². The Morgan fingerprint density at radius 1 is 1.28 bits per heavy atom. The largest absolute Gasteiger partial charge is 0.431 e. The molecule has 2 aromatic carbocycles. The minimum absolute atomic E-state index is 0.0826. The van der Waals surface area contributed by atoms with Crippen LogP contribution in [0, 0.1) is 0 Å². The summed E-state index contributed by atoms with van der Waals surface area (Å²) in [5.41, 5.74) is 1.84. The third-order valence-corrected chi connectivity index (χ3v) is 5.36. The fourth-order valence-electron chi connectivity index (χ4n) is 2.55. The van der Waals surface area contributed by atoms with Gasteiger partial charge in [-0.1, -0.05) is 35.1 Å². The average Bonchev–Trinajstić information content (AvgIpc) is 3.32. The van der Waals surface area contributed by atoms with Gasteiger partial charge in [0.25, 0.3) is 5.19 Å². The molecule has 4 nitrogen and oxygen atoms in total. The highest BCUT2D eigenvalue weighted by molar-refractivity contribution is 7.20. The van der Waals surface area contributed by atoms with Crippen LogP contribution in [-0.2, 0) is 4.79 Å². The van der Waals surface area contributed by atoms with Crippen LogP contribution in [0.3, 0.4) is 0 Å². The van der Waals surface area contributed by atoms with Gasteiger partial charge in [-0.3, -0.25) is 4.79 Å². The van der Waals surface area contributed by atoms with E-state index in [4.69, 9.17) is 16.3 Å². The van der Waals surface area contributed by atoms with E-state index in [-0.39, 0.29) is 11.8 Å². The quantitative estimate of drug-likeness (QED) is 0.675. The van der Waals surface area contributed by atoms with Crippen LogP contribution in [0.5, 0.6) is 10.9 Å². The van der Waals surface area contributed by atoms with Crippen LogP contribution in [0.15, 0.2) is 42.5 Å². The van der Waals surface area contributed by atoms with Crippen LogP contribution in [0.2, 0.25) is 5.02 Å². The SMILES string of the molecule is CC(C(=O)NC1CC1)c1ccc(Oc2nc3ccc(Cl)cc3s2)cc1. The summed E-state index contributed by atoms with van der Waals surface area (Å²) in [5.74, 6) is 0.613. The van der Waals surface area contributed by atoms with Gasteiger partial charge in [-0.05, 0) is 55.7 Å². The second-order valence-electron chi connectivity index (χ2n) is 6.27. The Hall–Kier alpha value is -2.11. The third-order valence-electron chi connectivity index (χ3n) is 4.23. The molecule has 6 heteroatoms. The monoisotopic (exact) mass is 372 g/mol. The molecule has 1 N–H and O–H groups in total. The molecule has 0 bridgehead atoms. The molecular formula is C19H17ClN2O2S. The van der Waals surface area contributed by atoms with Crippen molar-refractivity contribution in [2.45, 2.75) is 31.7 Å². The molecule has 1 aromatic heterocycles. The smallest absolute Gasteiger partial charge is 0.279 e. The van der Waals surface area contributed by atoms with Gasteiger partial charge in [0.2, 0.25) is 5.91 Å². The Labute approximate surface area is 154 Å². The van der Waals surface area contributed by atoms with E-state index in [1.165, 1.54) is 11.3 Å². The molecule has 1 saturated carbocycles. The number of thiazole rings is 1. The maximum Gasteiger partial charge on any atom is 0.279 e. The summed E-state index contributed by atoms with van der Waals surface area (Å²) in [4.78, 5) is 16.6. The van der Waals surface area contributed by atoms with Gasteiger partial charge in [-0.2, -0.15) is 0 Å². The van der Waals surface area contributed by atoms with Crippen LogP contribution < -0.4 is 10.1 Å². The first-order valence-corrected chi connectivity index (χ1v) is 9.42. The van der Waals surface area contributed by atoms with Gasteiger partial charge in [0.05, 0.1) is 16.1 Å². The van der Waals surface area contributed by atoms with E-state index >= 15 is 0 Å². The van der Waals surface area contributed by atoms with Gasteiger partial charge < -0.3 is 10.1 Å². The number of nitrogens with one attached hydrogen (secondary N) is 1. The molecule has 0 spiro atoms.